The van der Waals surface area contributed by atoms with Crippen LogP contribution in [0.25, 0.3) is 21.0 Å². The van der Waals surface area contributed by atoms with Crippen LogP contribution < -0.4 is 15.4 Å². The van der Waals surface area contributed by atoms with Crippen molar-refractivity contribution in [1.29, 1.82) is 0 Å². The molecule has 5 aromatic carbocycles. The van der Waals surface area contributed by atoms with Gasteiger partial charge >= 0.3 is 0 Å². The Hall–Kier alpha value is -4.66. The van der Waals surface area contributed by atoms with E-state index in [2.05, 4.69) is 15.6 Å². The molecule has 0 spiro atoms. The molecule has 6 nitrogen and oxygen atoms in total. The number of anilines is 2. The molecule has 0 aliphatic heterocycles. The Bertz CT molecular complexity index is 1870. The van der Waals surface area contributed by atoms with E-state index in [9.17, 15) is 9.59 Å². The van der Waals surface area contributed by atoms with Gasteiger partial charge in [0.15, 0.2) is 5.13 Å². The monoisotopic (exact) mass is 575 g/mol. The first-order valence-electron chi connectivity index (χ1n) is 12.9. The zero-order valence-electron chi connectivity index (χ0n) is 22.0. The minimum Gasteiger partial charge on any atom is -0.497 e. The number of carbonyl (C=O) groups excluding carboxylic acids is 2. The molecule has 0 aliphatic carbocycles. The molecule has 6 aromatic rings. The van der Waals surface area contributed by atoms with Gasteiger partial charge in [0.2, 0.25) is 5.91 Å². The highest BCUT2D eigenvalue weighted by molar-refractivity contribution is 8.00. The Morgan fingerprint density at radius 1 is 0.805 bits per heavy atom. The van der Waals surface area contributed by atoms with Gasteiger partial charge in [-0.2, -0.15) is 0 Å². The lowest BCUT2D eigenvalue weighted by atomic mass is 10.1. The van der Waals surface area contributed by atoms with Gasteiger partial charge in [0.05, 0.1) is 17.3 Å². The second-order valence-corrected chi connectivity index (χ2v) is 11.5. The fourth-order valence-electron chi connectivity index (χ4n) is 4.47. The first kappa shape index (κ1) is 26.6. The number of ether oxygens (including phenoxy) is 1. The highest BCUT2D eigenvalue weighted by atomic mass is 32.2. The number of hydrogen-bond acceptors (Lipinski definition) is 6. The number of nitrogens with one attached hydrogen (secondary N) is 2. The van der Waals surface area contributed by atoms with Crippen LogP contribution in [0.1, 0.15) is 21.2 Å². The van der Waals surface area contributed by atoms with Gasteiger partial charge in [-0.1, -0.05) is 78.1 Å². The molecule has 0 bridgehead atoms. The third-order valence-corrected chi connectivity index (χ3v) is 8.71. The molecule has 1 atom stereocenters. The van der Waals surface area contributed by atoms with Crippen LogP contribution in [0.4, 0.5) is 10.8 Å². The predicted octanol–water partition coefficient (Wildman–Crippen LogP) is 8.18. The number of thiazole rings is 1. The number of nitrogens with zero attached hydrogens (tertiary/aromatic N) is 1. The number of rotatable bonds is 8. The Labute approximate surface area is 245 Å². The normalized spacial score (nSPS) is 11.7. The van der Waals surface area contributed by atoms with Gasteiger partial charge < -0.3 is 15.4 Å². The minimum absolute atomic E-state index is 0.183. The van der Waals surface area contributed by atoms with Crippen molar-refractivity contribution in [3.05, 3.63) is 126 Å². The van der Waals surface area contributed by atoms with Gasteiger partial charge in [-0.15, -0.1) is 11.8 Å². The van der Waals surface area contributed by atoms with Crippen molar-refractivity contribution >= 4 is 66.7 Å². The van der Waals surface area contributed by atoms with Crippen molar-refractivity contribution in [2.75, 3.05) is 17.7 Å². The fraction of sp³-hybridized carbons (Fsp3) is 0.0606. The van der Waals surface area contributed by atoms with Crippen molar-refractivity contribution < 1.29 is 14.3 Å². The van der Waals surface area contributed by atoms with E-state index in [4.69, 9.17) is 4.74 Å². The molecule has 2 amide bonds. The average Bonchev–Trinajstić information content (AvgIpc) is 3.41. The molecule has 0 saturated heterocycles. The summed E-state index contributed by atoms with van der Waals surface area (Å²) in [7, 11) is 1.62. The molecule has 41 heavy (non-hydrogen) atoms. The van der Waals surface area contributed by atoms with E-state index in [-0.39, 0.29) is 11.8 Å². The lowest BCUT2D eigenvalue weighted by Gasteiger charge is -2.17. The number of methoxy groups -OCH3 is 1. The topological polar surface area (TPSA) is 80.3 Å². The second-order valence-electron chi connectivity index (χ2n) is 9.29. The summed E-state index contributed by atoms with van der Waals surface area (Å²) >= 11 is 2.82. The number of benzene rings is 5. The predicted molar refractivity (Wildman–Crippen MR) is 168 cm³/mol. The van der Waals surface area contributed by atoms with Gasteiger partial charge in [-0.3, -0.25) is 9.59 Å². The Morgan fingerprint density at radius 2 is 1.61 bits per heavy atom. The average molecular weight is 576 g/mol. The number of fused-ring (bicyclic) bond motifs is 2. The van der Waals surface area contributed by atoms with Crippen LogP contribution in [-0.2, 0) is 4.79 Å². The molecule has 202 valence electrons. The van der Waals surface area contributed by atoms with Crippen LogP contribution in [0, 0.1) is 0 Å². The summed E-state index contributed by atoms with van der Waals surface area (Å²) in [5.74, 6) is 0.366. The van der Waals surface area contributed by atoms with Crippen LogP contribution >= 0.6 is 23.1 Å². The molecule has 1 aromatic heterocycles. The van der Waals surface area contributed by atoms with Crippen LogP contribution in [0.5, 0.6) is 5.75 Å². The maximum absolute atomic E-state index is 13.6. The van der Waals surface area contributed by atoms with E-state index in [0.717, 1.165) is 37.2 Å². The SMILES string of the molecule is COc1ccc2nc(NC(=O)C(Sc3cccc(NC(=O)c4ccc5ccccc5c4)c3)c3ccccc3)sc2c1. The van der Waals surface area contributed by atoms with Crippen molar-refractivity contribution in [1.82, 2.24) is 4.98 Å². The van der Waals surface area contributed by atoms with Gasteiger partial charge in [-0.25, -0.2) is 4.98 Å². The molecule has 0 radical (unpaired) electrons. The van der Waals surface area contributed by atoms with Crippen LogP contribution in [0.15, 0.2) is 120 Å². The standard InChI is InChI=1S/C33H25N3O3S2/c1-39-26-16-17-28-29(20-26)41-33(35-28)36-32(38)30(22-9-3-2-4-10-22)40-27-13-7-12-25(19-27)34-31(37)24-15-14-21-8-5-6-11-23(21)18-24/h2-20,30H,1H3,(H,34,37)(H,35,36,38). The summed E-state index contributed by atoms with van der Waals surface area (Å²) in [5, 5.41) is 8.08. The largest absolute Gasteiger partial charge is 0.497 e. The van der Waals surface area contributed by atoms with E-state index < -0.39 is 5.25 Å². The van der Waals surface area contributed by atoms with Crippen molar-refractivity contribution in [2.45, 2.75) is 10.1 Å². The molecular weight excluding hydrogens is 551 g/mol. The summed E-state index contributed by atoms with van der Waals surface area (Å²) in [6.45, 7) is 0. The number of thioether (sulfide) groups is 1. The Morgan fingerprint density at radius 3 is 2.44 bits per heavy atom. The minimum atomic E-state index is -0.538. The summed E-state index contributed by atoms with van der Waals surface area (Å²) in [6.07, 6.45) is 0. The van der Waals surface area contributed by atoms with E-state index in [1.54, 1.807) is 7.11 Å². The number of hydrogen-bond donors (Lipinski definition) is 2. The molecule has 2 N–H and O–H groups in total. The second kappa shape index (κ2) is 11.8. The first-order valence-corrected chi connectivity index (χ1v) is 14.6. The number of aromatic nitrogens is 1. The van der Waals surface area contributed by atoms with Crippen LogP contribution in [-0.4, -0.2) is 23.9 Å². The van der Waals surface area contributed by atoms with Gasteiger partial charge in [0.1, 0.15) is 11.0 Å². The smallest absolute Gasteiger partial charge is 0.255 e. The zero-order valence-corrected chi connectivity index (χ0v) is 23.7. The fourth-order valence-corrected chi connectivity index (χ4v) is 6.45. The molecule has 6 rings (SSSR count). The van der Waals surface area contributed by atoms with E-state index in [1.165, 1.54) is 23.1 Å². The molecular formula is C33H25N3O3S2. The molecule has 0 saturated carbocycles. The Balaban J connectivity index is 1.21. The molecule has 1 heterocycles. The van der Waals surface area contributed by atoms with Gasteiger partial charge in [-0.05, 0) is 64.9 Å². The Kier molecular flexibility index (Phi) is 7.67. The maximum atomic E-state index is 13.6. The highest BCUT2D eigenvalue weighted by Crippen LogP contribution is 2.38. The van der Waals surface area contributed by atoms with E-state index in [0.29, 0.717) is 16.4 Å². The maximum Gasteiger partial charge on any atom is 0.255 e. The first-order chi connectivity index (χ1) is 20.1. The van der Waals surface area contributed by atoms with E-state index in [1.807, 2.05) is 115 Å². The molecule has 1 unspecified atom stereocenters. The van der Waals surface area contributed by atoms with Crippen LogP contribution in [0.2, 0.25) is 0 Å². The summed E-state index contributed by atoms with van der Waals surface area (Å²) in [4.78, 5) is 32.1. The lowest BCUT2D eigenvalue weighted by molar-refractivity contribution is -0.115. The molecule has 0 aliphatic rings. The van der Waals surface area contributed by atoms with Crippen molar-refractivity contribution in [3.8, 4) is 5.75 Å². The highest BCUT2D eigenvalue weighted by Gasteiger charge is 2.23. The molecule has 0 fully saturated rings. The van der Waals surface area contributed by atoms with Gasteiger partial charge in [0.25, 0.3) is 5.91 Å². The van der Waals surface area contributed by atoms with E-state index >= 15 is 0 Å². The van der Waals surface area contributed by atoms with Crippen molar-refractivity contribution in [2.24, 2.45) is 0 Å². The zero-order chi connectivity index (χ0) is 28.2. The summed E-state index contributed by atoms with van der Waals surface area (Å²) < 4.78 is 6.24. The summed E-state index contributed by atoms with van der Waals surface area (Å²) in [6, 6.07) is 36.4. The third-order valence-electron chi connectivity index (χ3n) is 6.52. The number of carbonyl (C=O) groups is 2. The van der Waals surface area contributed by atoms with Crippen LogP contribution in [0.3, 0.4) is 0 Å². The third kappa shape index (κ3) is 6.09. The van der Waals surface area contributed by atoms with Crippen molar-refractivity contribution in [3.63, 3.8) is 0 Å². The van der Waals surface area contributed by atoms with Gasteiger partial charge in [0, 0.05) is 16.1 Å². The quantitative estimate of drug-likeness (QED) is 0.179. The molecule has 8 heteroatoms. The summed E-state index contributed by atoms with van der Waals surface area (Å²) in [5.41, 5.74) is 2.89. The lowest BCUT2D eigenvalue weighted by Crippen LogP contribution is -2.19. The number of amides is 2.